The third-order valence-corrected chi connectivity index (χ3v) is 4.65. The van der Waals surface area contributed by atoms with Crippen molar-refractivity contribution in [1.29, 1.82) is 0 Å². The summed E-state index contributed by atoms with van der Waals surface area (Å²) in [4.78, 5) is 28.5. The van der Waals surface area contributed by atoms with E-state index in [0.717, 1.165) is 11.4 Å². The van der Waals surface area contributed by atoms with Crippen LogP contribution in [0.25, 0.3) is 0 Å². The first-order valence-electron chi connectivity index (χ1n) is 8.81. The van der Waals surface area contributed by atoms with Crippen LogP contribution in [0.15, 0.2) is 6.20 Å². The van der Waals surface area contributed by atoms with Gasteiger partial charge in [-0.25, -0.2) is 4.79 Å². The molecule has 2 aliphatic rings. The summed E-state index contributed by atoms with van der Waals surface area (Å²) in [7, 11) is 0. The number of anilines is 1. The Balaban J connectivity index is 1.86. The van der Waals surface area contributed by atoms with Crippen molar-refractivity contribution < 1.29 is 14.3 Å². The molecule has 2 aliphatic heterocycles. The first-order chi connectivity index (χ1) is 11.5. The lowest BCUT2D eigenvalue weighted by molar-refractivity contribution is -0.117. The maximum absolute atomic E-state index is 12.5. The highest BCUT2D eigenvalue weighted by Gasteiger charge is 2.40. The number of rotatable bonds is 1. The molecule has 1 fully saturated rings. The van der Waals surface area contributed by atoms with Crippen molar-refractivity contribution >= 4 is 17.7 Å². The molecule has 0 bridgehead atoms. The molecule has 1 saturated heterocycles. The van der Waals surface area contributed by atoms with Gasteiger partial charge in [-0.15, -0.1) is 0 Å². The largest absolute Gasteiger partial charge is 0.444 e. The van der Waals surface area contributed by atoms with E-state index >= 15 is 0 Å². The van der Waals surface area contributed by atoms with E-state index in [9.17, 15) is 9.59 Å². The van der Waals surface area contributed by atoms with Crippen molar-refractivity contribution in [2.24, 2.45) is 5.41 Å². The number of fused-ring (bicyclic) bond motifs is 1. The highest BCUT2D eigenvalue weighted by atomic mass is 16.6. The highest BCUT2D eigenvalue weighted by Crippen LogP contribution is 2.36. The second kappa shape index (κ2) is 5.75. The van der Waals surface area contributed by atoms with E-state index in [1.807, 2.05) is 37.3 Å². The molecule has 1 unspecified atom stereocenters. The Morgan fingerprint density at radius 1 is 1.36 bits per heavy atom. The van der Waals surface area contributed by atoms with E-state index in [-0.39, 0.29) is 23.5 Å². The summed E-state index contributed by atoms with van der Waals surface area (Å²) in [6.45, 7) is 13.4. The summed E-state index contributed by atoms with van der Waals surface area (Å²) in [6.07, 6.45) is 1.95. The van der Waals surface area contributed by atoms with Crippen LogP contribution in [0.1, 0.15) is 53.7 Å². The predicted molar refractivity (Wildman–Crippen MR) is 94.2 cm³/mol. The van der Waals surface area contributed by atoms with E-state index < -0.39 is 5.60 Å². The van der Waals surface area contributed by atoms with Crippen LogP contribution in [0.3, 0.4) is 0 Å². The van der Waals surface area contributed by atoms with Gasteiger partial charge in [0.15, 0.2) is 0 Å². The smallest absolute Gasteiger partial charge is 0.410 e. The maximum atomic E-state index is 12.5. The van der Waals surface area contributed by atoms with E-state index in [2.05, 4.69) is 18.9 Å². The number of hydrogen-bond donors (Lipinski definition) is 0. The van der Waals surface area contributed by atoms with Gasteiger partial charge in [0.1, 0.15) is 5.60 Å². The van der Waals surface area contributed by atoms with Crippen molar-refractivity contribution in [3.63, 3.8) is 0 Å². The molecule has 0 aliphatic carbocycles. The summed E-state index contributed by atoms with van der Waals surface area (Å²) < 4.78 is 7.44. The molecule has 138 valence electrons. The van der Waals surface area contributed by atoms with Gasteiger partial charge in [-0.3, -0.25) is 14.4 Å². The molecule has 25 heavy (non-hydrogen) atoms. The average Bonchev–Trinajstić information content (AvgIpc) is 2.95. The number of hydrogen-bond acceptors (Lipinski definition) is 4. The lowest BCUT2D eigenvalue weighted by Gasteiger charge is -2.36. The van der Waals surface area contributed by atoms with Crippen LogP contribution in [-0.2, 0) is 22.6 Å². The number of nitrogens with zero attached hydrogens (tertiary/aromatic N) is 4. The molecular weight excluding hydrogens is 320 g/mol. The zero-order valence-electron chi connectivity index (χ0n) is 16.0. The molecule has 1 aromatic heterocycles. The molecule has 3 rings (SSSR count). The molecule has 7 heteroatoms. The molecule has 0 radical (unpaired) electrons. The van der Waals surface area contributed by atoms with Crippen LogP contribution in [0.5, 0.6) is 0 Å². The van der Waals surface area contributed by atoms with Gasteiger partial charge < -0.3 is 9.64 Å². The van der Waals surface area contributed by atoms with Crippen molar-refractivity contribution in [2.45, 2.75) is 72.7 Å². The van der Waals surface area contributed by atoms with E-state index in [4.69, 9.17) is 4.74 Å². The highest BCUT2D eigenvalue weighted by molar-refractivity contribution is 5.96. The number of carbonyl (C=O) groups is 2. The van der Waals surface area contributed by atoms with E-state index in [0.29, 0.717) is 26.1 Å². The number of ether oxygens (including phenoxy) is 1. The van der Waals surface area contributed by atoms with Gasteiger partial charge in [0.25, 0.3) is 0 Å². The molecule has 0 saturated carbocycles. The summed E-state index contributed by atoms with van der Waals surface area (Å²) >= 11 is 0. The van der Waals surface area contributed by atoms with E-state index in [1.54, 1.807) is 11.1 Å². The lowest BCUT2D eigenvalue weighted by Crippen LogP contribution is -2.47. The fourth-order valence-electron chi connectivity index (χ4n) is 3.47. The minimum absolute atomic E-state index is 0.0131. The Labute approximate surface area is 148 Å². The van der Waals surface area contributed by atoms with E-state index in [1.165, 1.54) is 0 Å². The van der Waals surface area contributed by atoms with Gasteiger partial charge in [-0.05, 0) is 33.1 Å². The Bertz CT molecular complexity index is 702. The van der Waals surface area contributed by atoms with Gasteiger partial charge in [-0.1, -0.05) is 13.8 Å². The molecular formula is C18H28N4O3. The minimum Gasteiger partial charge on any atom is -0.444 e. The van der Waals surface area contributed by atoms with Gasteiger partial charge in [0.05, 0.1) is 36.7 Å². The van der Waals surface area contributed by atoms with Crippen LogP contribution >= 0.6 is 0 Å². The Kier molecular flexibility index (Phi) is 4.08. The van der Waals surface area contributed by atoms with Gasteiger partial charge in [0, 0.05) is 13.0 Å². The molecule has 1 aromatic rings. The number of carbonyl (C=O) groups excluding carboxylic acids is 2. The Morgan fingerprint density at radius 3 is 2.60 bits per heavy atom. The molecule has 0 aromatic carbocycles. The van der Waals surface area contributed by atoms with Gasteiger partial charge in [-0.2, -0.15) is 5.10 Å². The normalized spacial score (nSPS) is 23.0. The van der Waals surface area contributed by atoms with Crippen molar-refractivity contribution in [3.8, 4) is 0 Å². The Morgan fingerprint density at radius 2 is 2.04 bits per heavy atom. The quantitative estimate of drug-likeness (QED) is 0.783. The third-order valence-electron chi connectivity index (χ3n) is 4.65. The summed E-state index contributed by atoms with van der Waals surface area (Å²) in [6, 6.07) is -0.0131. The lowest BCUT2D eigenvalue weighted by atomic mass is 9.93. The molecule has 7 nitrogen and oxygen atoms in total. The minimum atomic E-state index is -0.535. The predicted octanol–water partition coefficient (Wildman–Crippen LogP) is 2.79. The molecule has 0 spiro atoms. The van der Waals surface area contributed by atoms with Crippen LogP contribution in [0.2, 0.25) is 0 Å². The average molecular weight is 348 g/mol. The topological polar surface area (TPSA) is 67.7 Å². The van der Waals surface area contributed by atoms with Crippen LogP contribution in [-0.4, -0.2) is 44.9 Å². The second-order valence-corrected chi connectivity index (χ2v) is 8.94. The Hall–Kier alpha value is -2.05. The molecule has 1 atom stereocenters. The van der Waals surface area contributed by atoms with Crippen LogP contribution in [0, 0.1) is 5.41 Å². The second-order valence-electron chi connectivity index (χ2n) is 8.94. The zero-order chi connectivity index (χ0) is 18.6. The molecule has 2 amide bonds. The third kappa shape index (κ3) is 3.50. The van der Waals surface area contributed by atoms with Gasteiger partial charge >= 0.3 is 6.09 Å². The fraction of sp³-hybridized carbons (Fsp3) is 0.722. The summed E-state index contributed by atoms with van der Waals surface area (Å²) in [5.41, 5.74) is 1.14. The van der Waals surface area contributed by atoms with Crippen molar-refractivity contribution in [2.75, 3.05) is 11.4 Å². The molecule has 0 N–H and O–H groups in total. The number of aromatic nitrogens is 2. The monoisotopic (exact) mass is 348 g/mol. The summed E-state index contributed by atoms with van der Waals surface area (Å²) in [5, 5.41) is 4.45. The molecule has 3 heterocycles. The summed E-state index contributed by atoms with van der Waals surface area (Å²) in [5.74, 6) is 0.114. The van der Waals surface area contributed by atoms with Crippen molar-refractivity contribution in [3.05, 3.63) is 11.9 Å². The van der Waals surface area contributed by atoms with Crippen LogP contribution < -0.4 is 4.90 Å². The standard InChI is InChI=1S/C18H28N4O3/c1-12-9-22-14(10-20(12)16(24)25-17(2,3)4)13(8-19-22)21-11-18(5,6)7-15(21)23/h8,12H,7,9-11H2,1-6H3. The SMILES string of the molecule is CC1Cn2ncc(N3CC(C)(C)CC3=O)c2CN1C(=O)OC(C)(C)C. The first-order valence-corrected chi connectivity index (χ1v) is 8.81. The van der Waals surface area contributed by atoms with Gasteiger partial charge in [0.2, 0.25) is 5.91 Å². The van der Waals surface area contributed by atoms with Crippen LogP contribution in [0.4, 0.5) is 10.5 Å². The van der Waals surface area contributed by atoms with Crippen molar-refractivity contribution in [1.82, 2.24) is 14.7 Å². The number of amides is 2. The zero-order valence-corrected chi connectivity index (χ0v) is 16.0. The maximum Gasteiger partial charge on any atom is 0.410 e. The first kappa shape index (κ1) is 17.8. The fourth-order valence-corrected chi connectivity index (χ4v) is 3.47.